The molecule has 2 amide bonds. The van der Waals surface area contributed by atoms with E-state index in [-0.39, 0.29) is 12.1 Å². The number of nitro groups is 1. The third-order valence-electron chi connectivity index (χ3n) is 2.41. The molecule has 0 saturated carbocycles. The summed E-state index contributed by atoms with van der Waals surface area (Å²) in [6.07, 6.45) is 0.0788. The van der Waals surface area contributed by atoms with Crippen molar-refractivity contribution in [3.05, 3.63) is 50.4 Å². The van der Waals surface area contributed by atoms with Crippen LogP contribution < -0.4 is 5.32 Å². The van der Waals surface area contributed by atoms with E-state index in [2.05, 4.69) is 15.3 Å². The molecule has 0 fully saturated rings. The topological polar surface area (TPSA) is 138 Å². The number of non-ortho nitro benzene ring substituents is 1. The van der Waals surface area contributed by atoms with Crippen molar-refractivity contribution in [3.63, 3.8) is 0 Å². The van der Waals surface area contributed by atoms with E-state index < -0.39 is 22.8 Å². The Balaban J connectivity index is 2.88. The molecule has 0 unspecified atom stereocenters. The minimum absolute atomic E-state index is 0.0776. The first-order valence-electron chi connectivity index (χ1n) is 5.53. The van der Waals surface area contributed by atoms with Gasteiger partial charge in [0.2, 0.25) is 11.8 Å². The average Bonchev–Trinajstić information content (AvgIpc) is 2.38. The SMILES string of the molecule is CC(=O)N[C@@H](Cc1ccc([N+](=O)[O-])cc1)C(=O)N=[N+]=[N-]. The van der Waals surface area contributed by atoms with Crippen LogP contribution in [0.4, 0.5) is 5.69 Å². The largest absolute Gasteiger partial charge is 0.346 e. The molecule has 9 nitrogen and oxygen atoms in total. The Morgan fingerprint density at radius 3 is 2.50 bits per heavy atom. The first kappa shape index (κ1) is 15.1. The Bertz CT molecular complexity index is 577. The molecule has 1 aromatic rings. The normalized spacial score (nSPS) is 11.1. The van der Waals surface area contributed by atoms with Gasteiger partial charge in [0.05, 0.1) is 11.0 Å². The van der Waals surface area contributed by atoms with E-state index in [1.54, 1.807) is 0 Å². The Hall–Kier alpha value is -2.93. The van der Waals surface area contributed by atoms with Crippen LogP contribution in [-0.4, -0.2) is 22.8 Å². The van der Waals surface area contributed by atoms with Gasteiger partial charge in [-0.2, -0.15) is 0 Å². The highest BCUT2D eigenvalue weighted by molar-refractivity contribution is 5.87. The number of amides is 2. The summed E-state index contributed by atoms with van der Waals surface area (Å²) in [7, 11) is 0. The van der Waals surface area contributed by atoms with Crippen molar-refractivity contribution in [3.8, 4) is 0 Å². The molecule has 1 aromatic carbocycles. The van der Waals surface area contributed by atoms with Crippen LogP contribution in [0.3, 0.4) is 0 Å². The van der Waals surface area contributed by atoms with Gasteiger partial charge in [-0.3, -0.25) is 19.7 Å². The van der Waals surface area contributed by atoms with E-state index >= 15 is 0 Å². The molecule has 0 aliphatic heterocycles. The van der Waals surface area contributed by atoms with Gasteiger partial charge in [-0.05, 0) is 22.6 Å². The van der Waals surface area contributed by atoms with Crippen LogP contribution in [0, 0.1) is 10.1 Å². The number of carbonyl (C=O) groups is 2. The fourth-order valence-corrected chi connectivity index (χ4v) is 1.55. The van der Waals surface area contributed by atoms with E-state index in [1.807, 2.05) is 0 Å². The molecule has 20 heavy (non-hydrogen) atoms. The zero-order chi connectivity index (χ0) is 15.1. The van der Waals surface area contributed by atoms with E-state index in [9.17, 15) is 19.7 Å². The molecule has 1 atom stereocenters. The molecule has 0 aliphatic carbocycles. The molecular formula is C11H11N5O4. The molecule has 0 bridgehead atoms. The predicted molar refractivity (Wildman–Crippen MR) is 68.6 cm³/mol. The highest BCUT2D eigenvalue weighted by Gasteiger charge is 2.19. The quantitative estimate of drug-likeness (QED) is 0.286. The molecule has 0 aliphatic rings. The minimum Gasteiger partial charge on any atom is -0.346 e. The van der Waals surface area contributed by atoms with Gasteiger partial charge >= 0.3 is 0 Å². The van der Waals surface area contributed by atoms with Gasteiger partial charge in [0.15, 0.2) is 0 Å². The van der Waals surface area contributed by atoms with Gasteiger partial charge in [-0.1, -0.05) is 12.1 Å². The average molecular weight is 277 g/mol. The standard InChI is InChI=1S/C11H11N5O4/c1-7(17)13-10(11(18)14-15-12)6-8-2-4-9(5-3-8)16(19)20/h2-5,10H,6H2,1H3,(H,13,17)/t10-/m0/s1. The summed E-state index contributed by atoms with van der Waals surface area (Å²) in [5, 5.41) is 15.8. The summed E-state index contributed by atoms with van der Waals surface area (Å²) in [5.74, 6) is -1.26. The summed E-state index contributed by atoms with van der Waals surface area (Å²) >= 11 is 0. The van der Waals surface area contributed by atoms with Crippen molar-refractivity contribution in [1.82, 2.24) is 5.32 Å². The van der Waals surface area contributed by atoms with Crippen molar-refractivity contribution >= 4 is 17.5 Å². The Labute approximate surface area is 113 Å². The lowest BCUT2D eigenvalue weighted by molar-refractivity contribution is -0.384. The number of carbonyl (C=O) groups excluding carboxylic acids is 2. The van der Waals surface area contributed by atoms with Crippen molar-refractivity contribution in [1.29, 1.82) is 0 Å². The van der Waals surface area contributed by atoms with Gasteiger partial charge in [0.25, 0.3) is 5.69 Å². The fraction of sp³-hybridized carbons (Fsp3) is 0.273. The van der Waals surface area contributed by atoms with Crippen molar-refractivity contribution < 1.29 is 14.5 Å². The second-order valence-corrected chi connectivity index (χ2v) is 3.91. The fourth-order valence-electron chi connectivity index (χ4n) is 1.55. The smallest absolute Gasteiger partial charge is 0.269 e. The number of nitrogens with one attached hydrogen (secondary N) is 1. The maximum Gasteiger partial charge on any atom is 0.269 e. The molecule has 9 heteroatoms. The van der Waals surface area contributed by atoms with Crippen LogP contribution in [0.2, 0.25) is 0 Å². The van der Waals surface area contributed by atoms with Gasteiger partial charge in [-0.25, -0.2) is 0 Å². The molecule has 1 rings (SSSR count). The maximum atomic E-state index is 11.5. The van der Waals surface area contributed by atoms with E-state index in [1.165, 1.54) is 31.2 Å². The monoisotopic (exact) mass is 277 g/mol. The second-order valence-electron chi connectivity index (χ2n) is 3.91. The number of nitro benzene ring substituents is 1. The lowest BCUT2D eigenvalue weighted by atomic mass is 10.1. The second kappa shape index (κ2) is 6.86. The molecule has 0 spiro atoms. The molecule has 0 radical (unpaired) electrons. The first-order valence-corrected chi connectivity index (χ1v) is 5.53. The maximum absolute atomic E-state index is 11.5. The number of rotatable bonds is 5. The van der Waals surface area contributed by atoms with E-state index in [0.717, 1.165) is 0 Å². The summed E-state index contributed by atoms with van der Waals surface area (Å²) in [5.41, 5.74) is 8.75. The van der Waals surface area contributed by atoms with Gasteiger partial charge < -0.3 is 5.32 Å². The lowest BCUT2D eigenvalue weighted by Crippen LogP contribution is -2.40. The number of benzene rings is 1. The zero-order valence-corrected chi connectivity index (χ0v) is 10.5. The third kappa shape index (κ3) is 4.39. The van der Waals surface area contributed by atoms with E-state index in [0.29, 0.717) is 5.56 Å². The van der Waals surface area contributed by atoms with Gasteiger partial charge in [0, 0.05) is 24.0 Å². The molecule has 0 saturated heterocycles. The minimum atomic E-state index is -0.996. The van der Waals surface area contributed by atoms with Crippen molar-refractivity contribution in [2.24, 2.45) is 5.11 Å². The highest BCUT2D eigenvalue weighted by atomic mass is 16.6. The zero-order valence-electron chi connectivity index (χ0n) is 10.5. The van der Waals surface area contributed by atoms with Crippen molar-refractivity contribution in [2.45, 2.75) is 19.4 Å². The van der Waals surface area contributed by atoms with Gasteiger partial charge in [0.1, 0.15) is 0 Å². The predicted octanol–water partition coefficient (Wildman–Crippen LogP) is 1.48. The molecule has 1 N–H and O–H groups in total. The molecule has 104 valence electrons. The van der Waals surface area contributed by atoms with Crippen LogP contribution in [0.1, 0.15) is 12.5 Å². The van der Waals surface area contributed by atoms with Crippen LogP contribution in [0.25, 0.3) is 10.4 Å². The van der Waals surface area contributed by atoms with Crippen molar-refractivity contribution in [2.75, 3.05) is 0 Å². The molecule has 0 aromatic heterocycles. The summed E-state index contributed by atoms with van der Waals surface area (Å²) in [4.78, 5) is 34.9. The Morgan fingerprint density at radius 1 is 1.45 bits per heavy atom. The van der Waals surface area contributed by atoms with Crippen LogP contribution in [0.15, 0.2) is 29.4 Å². The van der Waals surface area contributed by atoms with E-state index in [4.69, 9.17) is 5.53 Å². The summed E-state index contributed by atoms with van der Waals surface area (Å²) in [6.45, 7) is 1.23. The van der Waals surface area contributed by atoms with Crippen LogP contribution in [0.5, 0.6) is 0 Å². The molecule has 0 heterocycles. The van der Waals surface area contributed by atoms with Crippen LogP contribution >= 0.6 is 0 Å². The number of hydrogen-bond acceptors (Lipinski definition) is 4. The number of hydrogen-bond donors (Lipinski definition) is 1. The van der Waals surface area contributed by atoms with Gasteiger partial charge in [-0.15, -0.1) is 0 Å². The number of nitrogens with zero attached hydrogens (tertiary/aromatic N) is 4. The molecular weight excluding hydrogens is 266 g/mol. The Kier molecular flexibility index (Phi) is 5.19. The first-order chi connectivity index (χ1) is 9.43. The Morgan fingerprint density at radius 2 is 2.05 bits per heavy atom. The lowest BCUT2D eigenvalue weighted by Gasteiger charge is -2.14. The van der Waals surface area contributed by atoms with Crippen LogP contribution in [-0.2, 0) is 16.0 Å². The highest BCUT2D eigenvalue weighted by Crippen LogP contribution is 2.13. The summed E-state index contributed by atoms with van der Waals surface area (Å²) < 4.78 is 0. The third-order valence-corrected chi connectivity index (χ3v) is 2.41. The number of azide groups is 1. The summed E-state index contributed by atoms with van der Waals surface area (Å²) in [6, 6.07) is 4.52.